The summed E-state index contributed by atoms with van der Waals surface area (Å²) in [6, 6.07) is 0. The Balaban J connectivity index is 1.39. The predicted octanol–water partition coefficient (Wildman–Crippen LogP) is 1.65. The summed E-state index contributed by atoms with van der Waals surface area (Å²) in [5, 5.41) is 3.56. The van der Waals surface area contributed by atoms with E-state index in [9.17, 15) is 0 Å². The van der Waals surface area contributed by atoms with Gasteiger partial charge in [0.15, 0.2) is 0 Å². The van der Waals surface area contributed by atoms with Crippen LogP contribution in [0, 0.1) is 5.92 Å². The smallest absolute Gasteiger partial charge is 0.0594 e. The van der Waals surface area contributed by atoms with E-state index in [0.717, 1.165) is 38.8 Å². The van der Waals surface area contributed by atoms with Crippen molar-refractivity contribution < 1.29 is 4.74 Å². The second kappa shape index (κ2) is 7.85. The molecule has 0 bridgehead atoms. The normalized spacial score (nSPS) is 25.5. The Hall–Kier alpha value is -0.380. The Labute approximate surface area is 105 Å². The maximum absolute atomic E-state index is 5.34. The fraction of sp³-hybridized carbons (Fsp3) is 0.857. The minimum Gasteiger partial charge on any atom is -0.379 e. The third kappa shape index (κ3) is 5.19. The van der Waals surface area contributed by atoms with Crippen molar-refractivity contribution in [1.29, 1.82) is 0 Å². The van der Waals surface area contributed by atoms with Crippen molar-refractivity contribution in [3.8, 4) is 0 Å². The summed E-state index contributed by atoms with van der Waals surface area (Å²) in [6.45, 7) is 7.63. The van der Waals surface area contributed by atoms with Crippen LogP contribution in [0.25, 0.3) is 0 Å². The molecule has 0 saturated carbocycles. The van der Waals surface area contributed by atoms with Gasteiger partial charge in [-0.05, 0) is 51.2 Å². The van der Waals surface area contributed by atoms with Crippen molar-refractivity contribution in [3.63, 3.8) is 0 Å². The van der Waals surface area contributed by atoms with E-state index in [4.69, 9.17) is 4.74 Å². The summed E-state index contributed by atoms with van der Waals surface area (Å²) < 4.78 is 5.34. The Bertz CT molecular complexity index is 224. The van der Waals surface area contributed by atoms with Gasteiger partial charge in [0.05, 0.1) is 13.2 Å². The standard InChI is InChI=1S/C14H26N2O/c1-2-5-14(4-1)6-8-15-7-3-9-16-10-12-17-13-11-16/h1,4,14-15H,2-3,5-13H2. The quantitative estimate of drug-likeness (QED) is 0.539. The number of hydrogen-bond acceptors (Lipinski definition) is 3. The van der Waals surface area contributed by atoms with E-state index in [-0.39, 0.29) is 0 Å². The van der Waals surface area contributed by atoms with Crippen molar-refractivity contribution in [1.82, 2.24) is 10.2 Å². The fourth-order valence-corrected chi connectivity index (χ4v) is 2.60. The molecule has 1 unspecified atom stereocenters. The second-order valence-corrected chi connectivity index (χ2v) is 5.11. The first-order valence-corrected chi connectivity index (χ1v) is 7.12. The highest BCUT2D eigenvalue weighted by Gasteiger charge is 2.09. The van der Waals surface area contributed by atoms with Gasteiger partial charge < -0.3 is 10.1 Å². The number of allylic oxidation sites excluding steroid dienone is 2. The lowest BCUT2D eigenvalue weighted by Gasteiger charge is -2.26. The van der Waals surface area contributed by atoms with Crippen LogP contribution < -0.4 is 5.32 Å². The van der Waals surface area contributed by atoms with Crippen LogP contribution in [0.5, 0.6) is 0 Å². The summed E-state index contributed by atoms with van der Waals surface area (Å²) in [5.74, 6) is 0.849. The van der Waals surface area contributed by atoms with Gasteiger partial charge in [-0.2, -0.15) is 0 Å². The zero-order valence-corrected chi connectivity index (χ0v) is 10.9. The lowest BCUT2D eigenvalue weighted by Crippen LogP contribution is -2.37. The molecule has 1 fully saturated rings. The zero-order chi connectivity index (χ0) is 11.8. The van der Waals surface area contributed by atoms with Crippen LogP contribution in [0.3, 0.4) is 0 Å². The first kappa shape index (κ1) is 13.1. The minimum absolute atomic E-state index is 0.849. The van der Waals surface area contributed by atoms with Gasteiger partial charge in [-0.25, -0.2) is 0 Å². The molecule has 2 aliphatic rings. The van der Waals surface area contributed by atoms with Gasteiger partial charge in [-0.3, -0.25) is 4.90 Å². The summed E-state index contributed by atoms with van der Waals surface area (Å²) >= 11 is 0. The third-order valence-electron chi connectivity index (χ3n) is 3.74. The lowest BCUT2D eigenvalue weighted by atomic mass is 10.1. The van der Waals surface area contributed by atoms with E-state index in [2.05, 4.69) is 22.4 Å². The molecular weight excluding hydrogens is 212 g/mol. The van der Waals surface area contributed by atoms with E-state index in [1.165, 1.54) is 38.8 Å². The molecule has 1 atom stereocenters. The number of hydrogen-bond donors (Lipinski definition) is 1. The lowest BCUT2D eigenvalue weighted by molar-refractivity contribution is 0.0374. The number of rotatable bonds is 7. The molecule has 1 N–H and O–H groups in total. The molecule has 1 aliphatic carbocycles. The number of nitrogens with one attached hydrogen (secondary N) is 1. The zero-order valence-electron chi connectivity index (χ0n) is 10.9. The van der Waals surface area contributed by atoms with Gasteiger partial charge in [-0.15, -0.1) is 0 Å². The average Bonchev–Trinajstić information content (AvgIpc) is 2.88. The van der Waals surface area contributed by atoms with E-state index >= 15 is 0 Å². The highest BCUT2D eigenvalue weighted by Crippen LogP contribution is 2.19. The van der Waals surface area contributed by atoms with Crippen LogP contribution in [0.15, 0.2) is 12.2 Å². The highest BCUT2D eigenvalue weighted by atomic mass is 16.5. The average molecular weight is 238 g/mol. The SMILES string of the molecule is C1=CC(CCNCCCN2CCOCC2)CC1. The first-order valence-electron chi connectivity index (χ1n) is 7.12. The van der Waals surface area contributed by atoms with Crippen LogP contribution in [0.2, 0.25) is 0 Å². The Morgan fingerprint density at radius 3 is 2.88 bits per heavy atom. The van der Waals surface area contributed by atoms with Crippen LogP contribution in [-0.2, 0) is 4.74 Å². The number of morpholine rings is 1. The molecule has 0 spiro atoms. The van der Waals surface area contributed by atoms with Crippen molar-refractivity contribution in [2.45, 2.75) is 25.7 Å². The molecule has 0 aromatic heterocycles. The van der Waals surface area contributed by atoms with Gasteiger partial charge in [0.1, 0.15) is 0 Å². The molecule has 1 heterocycles. The molecule has 0 amide bonds. The molecule has 3 heteroatoms. The van der Waals surface area contributed by atoms with Gasteiger partial charge in [0, 0.05) is 13.1 Å². The fourth-order valence-electron chi connectivity index (χ4n) is 2.60. The van der Waals surface area contributed by atoms with E-state index < -0.39 is 0 Å². The van der Waals surface area contributed by atoms with Gasteiger partial charge in [0.25, 0.3) is 0 Å². The van der Waals surface area contributed by atoms with Crippen LogP contribution in [0.4, 0.5) is 0 Å². The van der Waals surface area contributed by atoms with E-state index in [1.54, 1.807) is 0 Å². The largest absolute Gasteiger partial charge is 0.379 e. The topological polar surface area (TPSA) is 24.5 Å². The van der Waals surface area contributed by atoms with Crippen LogP contribution in [0.1, 0.15) is 25.7 Å². The van der Waals surface area contributed by atoms with E-state index in [0.29, 0.717) is 0 Å². The third-order valence-corrected chi connectivity index (χ3v) is 3.74. The highest BCUT2D eigenvalue weighted by molar-refractivity contribution is 4.95. The molecule has 1 aliphatic heterocycles. The molecule has 3 nitrogen and oxygen atoms in total. The van der Waals surface area contributed by atoms with Gasteiger partial charge in [0.2, 0.25) is 0 Å². The van der Waals surface area contributed by atoms with Crippen molar-refractivity contribution in [3.05, 3.63) is 12.2 Å². The molecule has 17 heavy (non-hydrogen) atoms. The monoisotopic (exact) mass is 238 g/mol. The van der Waals surface area contributed by atoms with Crippen molar-refractivity contribution in [2.75, 3.05) is 45.9 Å². The maximum atomic E-state index is 5.34. The van der Waals surface area contributed by atoms with Crippen LogP contribution >= 0.6 is 0 Å². The Morgan fingerprint density at radius 1 is 1.24 bits per heavy atom. The predicted molar refractivity (Wildman–Crippen MR) is 71.2 cm³/mol. The molecule has 0 aromatic carbocycles. The minimum atomic E-state index is 0.849. The molecule has 1 saturated heterocycles. The maximum Gasteiger partial charge on any atom is 0.0594 e. The Kier molecular flexibility index (Phi) is 6.03. The first-order chi connectivity index (χ1) is 8.45. The second-order valence-electron chi connectivity index (χ2n) is 5.11. The molecular formula is C14H26N2O. The Morgan fingerprint density at radius 2 is 2.12 bits per heavy atom. The summed E-state index contributed by atoms with van der Waals surface area (Å²) in [4.78, 5) is 2.50. The summed E-state index contributed by atoms with van der Waals surface area (Å²) in [5.41, 5.74) is 0. The molecule has 2 rings (SSSR count). The summed E-state index contributed by atoms with van der Waals surface area (Å²) in [6.07, 6.45) is 9.95. The number of nitrogens with zero attached hydrogens (tertiary/aromatic N) is 1. The van der Waals surface area contributed by atoms with Crippen molar-refractivity contribution >= 4 is 0 Å². The van der Waals surface area contributed by atoms with Gasteiger partial charge in [-0.1, -0.05) is 12.2 Å². The van der Waals surface area contributed by atoms with Gasteiger partial charge >= 0.3 is 0 Å². The summed E-state index contributed by atoms with van der Waals surface area (Å²) in [7, 11) is 0. The molecule has 0 aromatic rings. The van der Waals surface area contributed by atoms with Crippen LogP contribution in [-0.4, -0.2) is 50.8 Å². The number of ether oxygens (including phenoxy) is 1. The molecule has 0 radical (unpaired) electrons. The van der Waals surface area contributed by atoms with Crippen molar-refractivity contribution in [2.24, 2.45) is 5.92 Å². The molecule has 98 valence electrons. The van der Waals surface area contributed by atoms with E-state index in [1.807, 2.05) is 0 Å².